The van der Waals surface area contributed by atoms with E-state index in [0.29, 0.717) is 0 Å². The summed E-state index contributed by atoms with van der Waals surface area (Å²) in [6, 6.07) is 6.83. The smallest absolute Gasteiger partial charge is 0.387 e. The number of hydrogen-bond acceptors (Lipinski definition) is 4. The van der Waals surface area contributed by atoms with Gasteiger partial charge >= 0.3 is 6.61 Å². The van der Waals surface area contributed by atoms with Gasteiger partial charge in [0, 0.05) is 24.4 Å². The second kappa shape index (κ2) is 7.47. The Hall–Kier alpha value is -1.53. The van der Waals surface area contributed by atoms with E-state index in [1.807, 2.05) is 19.9 Å². The Balaban J connectivity index is 1.86. The fraction of sp³-hybridized carbons (Fsp3) is 0.400. The quantitative estimate of drug-likeness (QED) is 0.840. The molecule has 0 saturated heterocycles. The molecule has 1 N–H and O–H groups in total. The summed E-state index contributed by atoms with van der Waals surface area (Å²) in [5.41, 5.74) is 1.99. The lowest BCUT2D eigenvalue weighted by Crippen LogP contribution is -2.21. The number of aromatic nitrogens is 1. The van der Waals surface area contributed by atoms with E-state index in [2.05, 4.69) is 20.4 Å². The fourth-order valence-electron chi connectivity index (χ4n) is 2.02. The predicted molar refractivity (Wildman–Crippen MR) is 80.0 cm³/mol. The molecule has 1 aromatic heterocycles. The summed E-state index contributed by atoms with van der Waals surface area (Å²) >= 11 is 1.64. The van der Waals surface area contributed by atoms with Crippen molar-refractivity contribution in [1.29, 1.82) is 0 Å². The Labute approximate surface area is 127 Å². The number of rotatable bonds is 7. The van der Waals surface area contributed by atoms with E-state index in [1.165, 1.54) is 6.07 Å². The van der Waals surface area contributed by atoms with Gasteiger partial charge in [-0.15, -0.1) is 11.3 Å². The van der Waals surface area contributed by atoms with Crippen molar-refractivity contribution in [2.75, 3.05) is 6.54 Å². The van der Waals surface area contributed by atoms with Crippen molar-refractivity contribution in [3.63, 3.8) is 0 Å². The molecule has 0 aliphatic heterocycles. The molecular formula is C15H18F2N2OS. The van der Waals surface area contributed by atoms with Crippen LogP contribution in [0.5, 0.6) is 5.75 Å². The molecule has 0 aliphatic carbocycles. The van der Waals surface area contributed by atoms with E-state index in [1.54, 1.807) is 23.5 Å². The van der Waals surface area contributed by atoms with Gasteiger partial charge in [-0.3, -0.25) is 0 Å². The van der Waals surface area contributed by atoms with Crippen molar-refractivity contribution < 1.29 is 13.5 Å². The number of halogens is 2. The number of aryl methyl sites for hydroxylation is 1. The molecule has 0 bridgehead atoms. The molecule has 3 nitrogen and oxygen atoms in total. The third-order valence-electron chi connectivity index (χ3n) is 3.08. The average Bonchev–Trinajstić information content (AvgIpc) is 2.84. The zero-order chi connectivity index (χ0) is 15.2. The number of hydrogen-bond donors (Lipinski definition) is 1. The van der Waals surface area contributed by atoms with Gasteiger partial charge in [-0.25, -0.2) is 4.98 Å². The second-order valence-electron chi connectivity index (χ2n) is 4.73. The van der Waals surface area contributed by atoms with Crippen molar-refractivity contribution in [1.82, 2.24) is 10.3 Å². The topological polar surface area (TPSA) is 34.2 Å². The second-order valence-corrected chi connectivity index (χ2v) is 5.80. The summed E-state index contributed by atoms with van der Waals surface area (Å²) in [5, 5.41) is 6.48. The van der Waals surface area contributed by atoms with Crippen molar-refractivity contribution in [2.24, 2.45) is 0 Å². The van der Waals surface area contributed by atoms with Gasteiger partial charge < -0.3 is 10.1 Å². The highest BCUT2D eigenvalue weighted by Crippen LogP contribution is 2.20. The highest BCUT2D eigenvalue weighted by molar-refractivity contribution is 7.09. The SMILES string of the molecule is Cc1nc(CCNC(C)c2cccc(OC(F)F)c2)cs1. The number of thiazole rings is 1. The first kappa shape index (κ1) is 15.9. The molecule has 1 heterocycles. The van der Waals surface area contributed by atoms with Crippen LogP contribution >= 0.6 is 11.3 Å². The molecule has 21 heavy (non-hydrogen) atoms. The monoisotopic (exact) mass is 312 g/mol. The molecule has 1 unspecified atom stereocenters. The van der Waals surface area contributed by atoms with Crippen molar-refractivity contribution in [2.45, 2.75) is 32.9 Å². The summed E-state index contributed by atoms with van der Waals surface area (Å²) in [5.74, 6) is 0.186. The van der Waals surface area contributed by atoms with Gasteiger partial charge in [0.2, 0.25) is 0 Å². The molecule has 114 valence electrons. The first-order valence-corrected chi connectivity index (χ1v) is 7.61. The van der Waals surface area contributed by atoms with E-state index in [4.69, 9.17) is 0 Å². The van der Waals surface area contributed by atoms with Crippen LogP contribution < -0.4 is 10.1 Å². The molecular weight excluding hydrogens is 294 g/mol. The standard InChI is InChI=1S/C15H18F2N2OS/c1-10(18-7-6-13-9-21-11(2)19-13)12-4-3-5-14(8-12)20-15(16)17/h3-5,8-10,15,18H,6-7H2,1-2H3. The summed E-state index contributed by atoms with van der Waals surface area (Å²) in [7, 11) is 0. The van der Waals surface area contributed by atoms with E-state index in [9.17, 15) is 8.78 Å². The normalized spacial score (nSPS) is 12.6. The molecule has 0 aliphatic rings. The minimum Gasteiger partial charge on any atom is -0.435 e. The maximum absolute atomic E-state index is 12.2. The van der Waals surface area contributed by atoms with Crippen LogP contribution in [0.2, 0.25) is 0 Å². The lowest BCUT2D eigenvalue weighted by Gasteiger charge is -2.15. The third-order valence-corrected chi connectivity index (χ3v) is 3.90. The number of nitrogens with zero attached hydrogens (tertiary/aromatic N) is 1. The molecule has 0 radical (unpaired) electrons. The Morgan fingerprint density at radius 3 is 2.86 bits per heavy atom. The number of alkyl halides is 2. The third kappa shape index (κ3) is 5.06. The molecule has 2 aromatic rings. The Kier molecular flexibility index (Phi) is 5.64. The summed E-state index contributed by atoms with van der Waals surface area (Å²) in [6.45, 7) is 1.97. The van der Waals surface area contributed by atoms with Crippen LogP contribution in [0.15, 0.2) is 29.6 Å². The summed E-state index contributed by atoms with van der Waals surface area (Å²) in [6.07, 6.45) is 0.849. The Morgan fingerprint density at radius 2 is 2.19 bits per heavy atom. The minimum absolute atomic E-state index is 0.0611. The van der Waals surface area contributed by atoms with Gasteiger partial charge in [0.1, 0.15) is 5.75 Å². The fourth-order valence-corrected chi connectivity index (χ4v) is 2.66. The van der Waals surface area contributed by atoms with Crippen LogP contribution in [0.25, 0.3) is 0 Å². The van der Waals surface area contributed by atoms with Gasteiger partial charge in [0.25, 0.3) is 0 Å². The molecule has 2 rings (SSSR count). The molecule has 0 spiro atoms. The van der Waals surface area contributed by atoms with E-state index in [0.717, 1.165) is 29.2 Å². The highest BCUT2D eigenvalue weighted by Gasteiger charge is 2.09. The molecule has 0 saturated carbocycles. The van der Waals surface area contributed by atoms with Gasteiger partial charge in [-0.1, -0.05) is 12.1 Å². The van der Waals surface area contributed by atoms with E-state index < -0.39 is 6.61 Å². The van der Waals surface area contributed by atoms with Crippen LogP contribution in [-0.4, -0.2) is 18.1 Å². The molecule has 0 amide bonds. The predicted octanol–water partition coefficient (Wildman–Crippen LogP) is 3.95. The summed E-state index contributed by atoms with van der Waals surface area (Å²) < 4.78 is 28.8. The van der Waals surface area contributed by atoms with E-state index in [-0.39, 0.29) is 11.8 Å². The lowest BCUT2D eigenvalue weighted by atomic mass is 10.1. The van der Waals surface area contributed by atoms with Crippen LogP contribution in [0.1, 0.15) is 29.2 Å². The lowest BCUT2D eigenvalue weighted by molar-refractivity contribution is -0.0499. The van der Waals surface area contributed by atoms with Crippen LogP contribution in [0.3, 0.4) is 0 Å². The Morgan fingerprint density at radius 1 is 1.38 bits per heavy atom. The molecule has 6 heteroatoms. The van der Waals surface area contributed by atoms with Gasteiger partial charge in [-0.05, 0) is 31.5 Å². The largest absolute Gasteiger partial charge is 0.435 e. The van der Waals surface area contributed by atoms with E-state index >= 15 is 0 Å². The Bertz CT molecular complexity index is 574. The maximum atomic E-state index is 12.2. The van der Waals surface area contributed by atoms with Crippen LogP contribution in [-0.2, 0) is 6.42 Å². The van der Waals surface area contributed by atoms with Gasteiger partial charge in [-0.2, -0.15) is 8.78 Å². The van der Waals surface area contributed by atoms with Crippen molar-refractivity contribution in [3.05, 3.63) is 45.9 Å². The zero-order valence-electron chi connectivity index (χ0n) is 12.0. The summed E-state index contributed by atoms with van der Waals surface area (Å²) in [4.78, 5) is 4.40. The molecule has 1 atom stereocenters. The average molecular weight is 312 g/mol. The van der Waals surface area contributed by atoms with Crippen LogP contribution in [0, 0.1) is 6.92 Å². The molecule has 0 fully saturated rings. The van der Waals surface area contributed by atoms with Gasteiger partial charge in [0.05, 0.1) is 10.7 Å². The number of ether oxygens (including phenoxy) is 1. The van der Waals surface area contributed by atoms with Crippen molar-refractivity contribution >= 4 is 11.3 Å². The number of benzene rings is 1. The zero-order valence-corrected chi connectivity index (χ0v) is 12.8. The highest BCUT2D eigenvalue weighted by atomic mass is 32.1. The first-order valence-electron chi connectivity index (χ1n) is 6.74. The molecule has 1 aromatic carbocycles. The van der Waals surface area contributed by atoms with Gasteiger partial charge in [0.15, 0.2) is 0 Å². The first-order chi connectivity index (χ1) is 10.0. The number of nitrogens with one attached hydrogen (secondary N) is 1. The van der Waals surface area contributed by atoms with Crippen molar-refractivity contribution in [3.8, 4) is 5.75 Å². The maximum Gasteiger partial charge on any atom is 0.387 e. The minimum atomic E-state index is -2.79. The van der Waals surface area contributed by atoms with Crippen LogP contribution in [0.4, 0.5) is 8.78 Å².